The molecule has 0 aliphatic rings. The second-order valence-corrected chi connectivity index (χ2v) is 6.82. The van der Waals surface area contributed by atoms with Crippen molar-refractivity contribution in [2.24, 2.45) is 5.73 Å². The number of nitrogens with two attached hydrogens (primary N) is 1. The Bertz CT molecular complexity index is 786. The second-order valence-electron chi connectivity index (χ2n) is 5.14. The predicted molar refractivity (Wildman–Crippen MR) is 84.6 cm³/mol. The molecule has 0 spiro atoms. The molecule has 116 valence electrons. The van der Waals surface area contributed by atoms with E-state index in [9.17, 15) is 13.2 Å². The van der Waals surface area contributed by atoms with Crippen LogP contribution in [0.25, 0.3) is 0 Å². The first kappa shape index (κ1) is 16.2. The molecule has 3 N–H and O–H groups in total. The van der Waals surface area contributed by atoms with E-state index >= 15 is 0 Å². The van der Waals surface area contributed by atoms with E-state index in [-0.39, 0.29) is 4.90 Å². The maximum atomic E-state index is 12.5. The molecule has 1 atom stereocenters. The lowest BCUT2D eigenvalue weighted by Crippen LogP contribution is -2.37. The number of rotatable bonds is 5. The zero-order valence-corrected chi connectivity index (χ0v) is 13.2. The van der Waals surface area contributed by atoms with Gasteiger partial charge >= 0.3 is 0 Å². The molecule has 22 heavy (non-hydrogen) atoms. The van der Waals surface area contributed by atoms with E-state index in [0.29, 0.717) is 11.1 Å². The summed E-state index contributed by atoms with van der Waals surface area (Å²) < 4.78 is 27.5. The van der Waals surface area contributed by atoms with Crippen molar-refractivity contribution in [3.05, 3.63) is 65.2 Å². The molecule has 0 aliphatic heterocycles. The average Bonchev–Trinajstić information content (AvgIpc) is 2.45. The van der Waals surface area contributed by atoms with Gasteiger partial charge in [-0.2, -0.15) is 4.72 Å². The van der Waals surface area contributed by atoms with Gasteiger partial charge in [0.2, 0.25) is 15.9 Å². The van der Waals surface area contributed by atoms with Crippen molar-refractivity contribution in [2.75, 3.05) is 0 Å². The Balaban J connectivity index is 2.39. The van der Waals surface area contributed by atoms with Crippen LogP contribution in [-0.2, 0) is 14.8 Å². The summed E-state index contributed by atoms with van der Waals surface area (Å²) in [6.45, 7) is 3.59. The summed E-state index contributed by atoms with van der Waals surface area (Å²) in [4.78, 5) is 11.8. The minimum atomic E-state index is -3.85. The van der Waals surface area contributed by atoms with Crippen LogP contribution < -0.4 is 10.5 Å². The first-order valence-corrected chi connectivity index (χ1v) is 8.23. The highest BCUT2D eigenvalue weighted by Crippen LogP contribution is 2.20. The average molecular weight is 318 g/mol. The van der Waals surface area contributed by atoms with Gasteiger partial charge in [-0.1, -0.05) is 48.0 Å². The van der Waals surface area contributed by atoms with Gasteiger partial charge < -0.3 is 5.73 Å². The monoisotopic (exact) mass is 318 g/mol. The molecule has 0 aromatic heterocycles. The van der Waals surface area contributed by atoms with E-state index in [4.69, 9.17) is 5.73 Å². The number of carbonyl (C=O) groups is 1. The molecular weight excluding hydrogens is 300 g/mol. The lowest BCUT2D eigenvalue weighted by atomic mass is 10.1. The summed E-state index contributed by atoms with van der Waals surface area (Å²) in [6, 6.07) is 12.4. The van der Waals surface area contributed by atoms with Crippen molar-refractivity contribution < 1.29 is 13.2 Å². The van der Waals surface area contributed by atoms with Crippen LogP contribution in [0, 0.1) is 13.8 Å². The highest BCUT2D eigenvalue weighted by Gasteiger charge is 2.26. The molecule has 0 fully saturated rings. The molecule has 0 bridgehead atoms. The van der Waals surface area contributed by atoms with Crippen LogP contribution in [-0.4, -0.2) is 14.3 Å². The zero-order chi connectivity index (χ0) is 16.3. The summed E-state index contributed by atoms with van der Waals surface area (Å²) in [7, 11) is -3.85. The van der Waals surface area contributed by atoms with E-state index in [1.54, 1.807) is 49.4 Å². The fraction of sp³-hybridized carbons (Fsp3) is 0.188. The second kappa shape index (κ2) is 6.29. The summed E-state index contributed by atoms with van der Waals surface area (Å²) >= 11 is 0. The van der Waals surface area contributed by atoms with E-state index in [1.165, 1.54) is 6.07 Å². The number of hydrogen-bond acceptors (Lipinski definition) is 3. The molecule has 2 aromatic carbocycles. The Morgan fingerprint density at radius 3 is 2.27 bits per heavy atom. The summed E-state index contributed by atoms with van der Waals surface area (Å²) in [5.41, 5.74) is 7.43. The number of primary amides is 1. The van der Waals surface area contributed by atoms with Gasteiger partial charge in [0.25, 0.3) is 0 Å². The van der Waals surface area contributed by atoms with Crippen LogP contribution in [0.4, 0.5) is 0 Å². The number of benzene rings is 2. The normalized spacial score (nSPS) is 12.8. The Labute approximate surface area is 130 Å². The molecule has 0 saturated heterocycles. The highest BCUT2D eigenvalue weighted by atomic mass is 32.2. The largest absolute Gasteiger partial charge is 0.368 e. The molecule has 0 aliphatic carbocycles. The van der Waals surface area contributed by atoms with E-state index in [0.717, 1.165) is 5.56 Å². The van der Waals surface area contributed by atoms with E-state index in [1.807, 2.05) is 6.92 Å². The van der Waals surface area contributed by atoms with Crippen molar-refractivity contribution in [2.45, 2.75) is 24.8 Å². The van der Waals surface area contributed by atoms with Gasteiger partial charge in [-0.15, -0.1) is 0 Å². The van der Waals surface area contributed by atoms with Gasteiger partial charge in [-0.05, 0) is 31.0 Å². The van der Waals surface area contributed by atoms with Crippen LogP contribution in [0.15, 0.2) is 53.4 Å². The van der Waals surface area contributed by atoms with Crippen LogP contribution in [0.5, 0.6) is 0 Å². The number of nitrogens with one attached hydrogen (secondary N) is 1. The Hall–Kier alpha value is -2.18. The zero-order valence-electron chi connectivity index (χ0n) is 12.4. The van der Waals surface area contributed by atoms with Crippen molar-refractivity contribution >= 4 is 15.9 Å². The minimum Gasteiger partial charge on any atom is -0.368 e. The Morgan fingerprint density at radius 2 is 1.73 bits per heavy atom. The minimum absolute atomic E-state index is 0.139. The maximum absolute atomic E-state index is 12.5. The highest BCUT2D eigenvalue weighted by molar-refractivity contribution is 7.89. The number of amides is 1. The quantitative estimate of drug-likeness (QED) is 0.881. The molecule has 6 heteroatoms. The topological polar surface area (TPSA) is 89.3 Å². The smallest absolute Gasteiger partial charge is 0.241 e. The first-order chi connectivity index (χ1) is 10.3. The van der Waals surface area contributed by atoms with Crippen molar-refractivity contribution in [3.8, 4) is 0 Å². The van der Waals surface area contributed by atoms with E-state index in [2.05, 4.69) is 4.72 Å². The number of carbonyl (C=O) groups excluding carboxylic acids is 1. The molecular formula is C16H18N2O3S. The van der Waals surface area contributed by atoms with Gasteiger partial charge in [-0.3, -0.25) is 4.79 Å². The summed E-state index contributed by atoms with van der Waals surface area (Å²) in [5.74, 6) is -0.750. The van der Waals surface area contributed by atoms with Gasteiger partial charge in [0.15, 0.2) is 0 Å². The molecule has 0 radical (unpaired) electrons. The fourth-order valence-electron chi connectivity index (χ4n) is 2.26. The lowest BCUT2D eigenvalue weighted by molar-refractivity contribution is -0.119. The molecule has 0 heterocycles. The fourth-order valence-corrected chi connectivity index (χ4v) is 3.67. The van der Waals surface area contributed by atoms with Gasteiger partial charge in [-0.25, -0.2) is 8.42 Å². The maximum Gasteiger partial charge on any atom is 0.241 e. The Kier molecular flexibility index (Phi) is 4.63. The third-order valence-corrected chi connectivity index (χ3v) is 4.89. The van der Waals surface area contributed by atoms with Gasteiger partial charge in [0.1, 0.15) is 6.04 Å². The Morgan fingerprint density at radius 1 is 1.09 bits per heavy atom. The van der Waals surface area contributed by atoms with Crippen LogP contribution >= 0.6 is 0 Å². The van der Waals surface area contributed by atoms with Crippen molar-refractivity contribution in [3.63, 3.8) is 0 Å². The molecule has 1 amide bonds. The predicted octanol–water partition coefficient (Wildman–Crippen LogP) is 1.81. The van der Waals surface area contributed by atoms with Crippen molar-refractivity contribution in [1.82, 2.24) is 4.72 Å². The summed E-state index contributed by atoms with van der Waals surface area (Å²) in [6.07, 6.45) is 0. The van der Waals surface area contributed by atoms with Crippen LogP contribution in [0.1, 0.15) is 22.7 Å². The lowest BCUT2D eigenvalue weighted by Gasteiger charge is -2.17. The first-order valence-electron chi connectivity index (χ1n) is 6.75. The standard InChI is InChI=1S/C16H18N2O3S/c1-11-8-9-14(12(2)10-11)22(20,21)18-15(16(17)19)13-6-4-3-5-7-13/h3-10,15,18H,1-2H3,(H2,17,19). The van der Waals surface area contributed by atoms with Gasteiger partial charge in [0, 0.05) is 0 Å². The molecule has 1 unspecified atom stereocenters. The number of sulfonamides is 1. The van der Waals surface area contributed by atoms with Crippen LogP contribution in [0.2, 0.25) is 0 Å². The molecule has 2 rings (SSSR count). The third kappa shape index (κ3) is 3.52. The van der Waals surface area contributed by atoms with E-state index < -0.39 is 22.0 Å². The molecule has 2 aromatic rings. The van der Waals surface area contributed by atoms with Gasteiger partial charge in [0.05, 0.1) is 4.90 Å². The van der Waals surface area contributed by atoms with Crippen molar-refractivity contribution in [1.29, 1.82) is 0 Å². The SMILES string of the molecule is Cc1ccc(S(=O)(=O)NC(C(N)=O)c2ccccc2)c(C)c1. The molecule has 0 saturated carbocycles. The number of aryl methyl sites for hydroxylation is 2. The summed E-state index contributed by atoms with van der Waals surface area (Å²) in [5, 5.41) is 0. The molecule has 5 nitrogen and oxygen atoms in total. The van der Waals surface area contributed by atoms with Crippen LogP contribution in [0.3, 0.4) is 0 Å². The third-order valence-electron chi connectivity index (χ3n) is 3.31. The number of hydrogen-bond donors (Lipinski definition) is 2.